The van der Waals surface area contributed by atoms with Crippen LogP contribution in [-0.2, 0) is 9.59 Å². The quantitative estimate of drug-likeness (QED) is 0.752. The number of carboxylic acids is 1. The van der Waals surface area contributed by atoms with Crippen LogP contribution in [0.25, 0.3) is 0 Å². The SMILES string of the molecule is CC(C)C(=O)C1=C(C(=O)O)CCCC1. The number of carbonyl (C=O) groups excluding carboxylic acids is 1. The molecule has 1 aliphatic rings. The van der Waals surface area contributed by atoms with Crippen molar-refractivity contribution in [3.63, 3.8) is 0 Å². The van der Waals surface area contributed by atoms with Crippen LogP contribution in [0.15, 0.2) is 11.1 Å². The minimum atomic E-state index is -0.923. The van der Waals surface area contributed by atoms with Gasteiger partial charge in [0.25, 0.3) is 0 Å². The van der Waals surface area contributed by atoms with Crippen LogP contribution >= 0.6 is 0 Å². The van der Waals surface area contributed by atoms with Gasteiger partial charge in [-0.05, 0) is 25.7 Å². The third-order valence-electron chi connectivity index (χ3n) is 2.55. The van der Waals surface area contributed by atoms with Gasteiger partial charge in [0, 0.05) is 17.1 Å². The molecule has 0 aliphatic heterocycles. The molecule has 3 heteroatoms. The number of ketones is 1. The zero-order valence-electron chi connectivity index (χ0n) is 8.67. The lowest BCUT2D eigenvalue weighted by Crippen LogP contribution is -2.18. The molecule has 0 amide bonds. The first-order chi connectivity index (χ1) is 6.54. The third-order valence-corrected chi connectivity index (χ3v) is 2.55. The van der Waals surface area contributed by atoms with Crippen molar-refractivity contribution in [2.45, 2.75) is 39.5 Å². The number of hydrogen-bond donors (Lipinski definition) is 1. The molecule has 3 nitrogen and oxygen atoms in total. The lowest BCUT2D eigenvalue weighted by molar-refractivity contribution is -0.133. The Hall–Kier alpha value is -1.12. The summed E-state index contributed by atoms with van der Waals surface area (Å²) in [6, 6.07) is 0. The van der Waals surface area contributed by atoms with Crippen LogP contribution in [0.4, 0.5) is 0 Å². The van der Waals surface area contributed by atoms with Gasteiger partial charge in [-0.3, -0.25) is 4.79 Å². The van der Waals surface area contributed by atoms with Gasteiger partial charge in [-0.15, -0.1) is 0 Å². The third kappa shape index (κ3) is 2.22. The predicted octanol–water partition coefficient (Wildman–Crippen LogP) is 2.17. The Morgan fingerprint density at radius 1 is 1.14 bits per heavy atom. The first kappa shape index (κ1) is 11.0. The number of rotatable bonds is 3. The number of carbonyl (C=O) groups is 2. The van der Waals surface area contributed by atoms with Gasteiger partial charge < -0.3 is 5.11 Å². The maximum absolute atomic E-state index is 11.7. The van der Waals surface area contributed by atoms with Crippen molar-refractivity contribution < 1.29 is 14.7 Å². The van der Waals surface area contributed by atoms with Crippen molar-refractivity contribution >= 4 is 11.8 Å². The maximum Gasteiger partial charge on any atom is 0.331 e. The standard InChI is InChI=1S/C11H16O3/c1-7(2)10(12)8-5-3-4-6-9(8)11(13)14/h7H,3-6H2,1-2H3,(H,13,14). The number of Topliss-reactive ketones (excluding diaryl/α,β-unsaturated/α-hetero) is 1. The lowest BCUT2D eigenvalue weighted by atomic mass is 9.86. The molecule has 1 aliphatic carbocycles. The van der Waals surface area contributed by atoms with Crippen LogP contribution in [-0.4, -0.2) is 16.9 Å². The van der Waals surface area contributed by atoms with Gasteiger partial charge in [-0.2, -0.15) is 0 Å². The summed E-state index contributed by atoms with van der Waals surface area (Å²) in [4.78, 5) is 22.6. The summed E-state index contributed by atoms with van der Waals surface area (Å²) in [5, 5.41) is 8.93. The molecule has 0 saturated heterocycles. The number of carboxylic acid groups (broad SMARTS) is 1. The Balaban J connectivity index is 3.00. The zero-order chi connectivity index (χ0) is 10.7. The molecule has 78 valence electrons. The topological polar surface area (TPSA) is 54.4 Å². The fourth-order valence-corrected chi connectivity index (χ4v) is 1.76. The first-order valence-corrected chi connectivity index (χ1v) is 5.03. The summed E-state index contributed by atoms with van der Waals surface area (Å²) in [6.45, 7) is 3.62. The molecule has 0 fully saturated rings. The van der Waals surface area contributed by atoms with E-state index in [0.29, 0.717) is 24.0 Å². The van der Waals surface area contributed by atoms with E-state index >= 15 is 0 Å². The van der Waals surface area contributed by atoms with Gasteiger partial charge in [0.05, 0.1) is 0 Å². The molecule has 0 bridgehead atoms. The molecule has 1 rings (SSSR count). The Bertz CT molecular complexity index is 287. The van der Waals surface area contributed by atoms with E-state index < -0.39 is 5.97 Å². The van der Waals surface area contributed by atoms with E-state index in [-0.39, 0.29) is 11.7 Å². The Labute approximate surface area is 83.8 Å². The summed E-state index contributed by atoms with van der Waals surface area (Å²) in [5.41, 5.74) is 0.897. The number of aliphatic carboxylic acids is 1. The normalized spacial score (nSPS) is 17.4. The molecule has 0 spiro atoms. The average Bonchev–Trinajstić information content (AvgIpc) is 2.16. The second kappa shape index (κ2) is 4.40. The average molecular weight is 196 g/mol. The largest absolute Gasteiger partial charge is 0.478 e. The predicted molar refractivity (Wildman–Crippen MR) is 53.0 cm³/mol. The number of hydrogen-bond acceptors (Lipinski definition) is 2. The van der Waals surface area contributed by atoms with E-state index in [1.807, 2.05) is 13.8 Å². The van der Waals surface area contributed by atoms with Crippen LogP contribution in [0.2, 0.25) is 0 Å². The van der Waals surface area contributed by atoms with Gasteiger partial charge in [0.2, 0.25) is 0 Å². The second-order valence-corrected chi connectivity index (χ2v) is 3.99. The van der Waals surface area contributed by atoms with E-state index in [1.165, 1.54) is 0 Å². The van der Waals surface area contributed by atoms with E-state index in [1.54, 1.807) is 0 Å². The Kier molecular flexibility index (Phi) is 3.44. The molecule has 0 radical (unpaired) electrons. The molecule has 1 N–H and O–H groups in total. The number of allylic oxidation sites excluding steroid dienone is 1. The van der Waals surface area contributed by atoms with Crippen molar-refractivity contribution in [2.24, 2.45) is 5.92 Å². The highest BCUT2D eigenvalue weighted by Crippen LogP contribution is 2.27. The molecule has 0 heterocycles. The summed E-state index contributed by atoms with van der Waals surface area (Å²) >= 11 is 0. The summed E-state index contributed by atoms with van der Waals surface area (Å²) < 4.78 is 0. The van der Waals surface area contributed by atoms with Crippen molar-refractivity contribution in [1.82, 2.24) is 0 Å². The highest BCUT2D eigenvalue weighted by atomic mass is 16.4. The van der Waals surface area contributed by atoms with Crippen LogP contribution in [0, 0.1) is 5.92 Å². The van der Waals surface area contributed by atoms with Crippen LogP contribution in [0.3, 0.4) is 0 Å². The molecule has 0 unspecified atom stereocenters. The van der Waals surface area contributed by atoms with Crippen LogP contribution in [0.1, 0.15) is 39.5 Å². The molecule has 14 heavy (non-hydrogen) atoms. The summed E-state index contributed by atoms with van der Waals surface area (Å²) in [7, 11) is 0. The fourth-order valence-electron chi connectivity index (χ4n) is 1.76. The van der Waals surface area contributed by atoms with Crippen molar-refractivity contribution in [1.29, 1.82) is 0 Å². The molecule has 0 aromatic carbocycles. The smallest absolute Gasteiger partial charge is 0.331 e. The van der Waals surface area contributed by atoms with Crippen LogP contribution in [0.5, 0.6) is 0 Å². The summed E-state index contributed by atoms with van der Waals surface area (Å²) in [5.74, 6) is -1.02. The zero-order valence-corrected chi connectivity index (χ0v) is 8.67. The molecule has 0 aromatic rings. The van der Waals surface area contributed by atoms with Gasteiger partial charge in [0.1, 0.15) is 0 Å². The van der Waals surface area contributed by atoms with E-state index in [9.17, 15) is 9.59 Å². The molecular weight excluding hydrogens is 180 g/mol. The van der Waals surface area contributed by atoms with Crippen molar-refractivity contribution in [3.8, 4) is 0 Å². The Morgan fingerprint density at radius 3 is 2.07 bits per heavy atom. The molecule has 0 atom stereocenters. The van der Waals surface area contributed by atoms with Gasteiger partial charge >= 0.3 is 5.97 Å². The molecule has 0 saturated carbocycles. The minimum absolute atomic E-state index is 0.00194. The van der Waals surface area contributed by atoms with E-state index in [0.717, 1.165) is 12.8 Å². The fraction of sp³-hybridized carbons (Fsp3) is 0.636. The van der Waals surface area contributed by atoms with E-state index in [4.69, 9.17) is 5.11 Å². The second-order valence-electron chi connectivity index (χ2n) is 3.99. The lowest BCUT2D eigenvalue weighted by Gasteiger charge is -2.17. The van der Waals surface area contributed by atoms with Gasteiger partial charge in [-0.25, -0.2) is 4.79 Å². The van der Waals surface area contributed by atoms with Crippen molar-refractivity contribution in [3.05, 3.63) is 11.1 Å². The van der Waals surface area contributed by atoms with Gasteiger partial charge in [-0.1, -0.05) is 13.8 Å². The summed E-state index contributed by atoms with van der Waals surface area (Å²) in [6.07, 6.45) is 3.00. The minimum Gasteiger partial charge on any atom is -0.478 e. The molecule has 0 aromatic heterocycles. The monoisotopic (exact) mass is 196 g/mol. The van der Waals surface area contributed by atoms with Crippen LogP contribution < -0.4 is 0 Å². The van der Waals surface area contributed by atoms with Gasteiger partial charge in [0.15, 0.2) is 5.78 Å². The van der Waals surface area contributed by atoms with E-state index in [2.05, 4.69) is 0 Å². The molecular formula is C11H16O3. The first-order valence-electron chi connectivity index (χ1n) is 5.03. The highest BCUT2D eigenvalue weighted by Gasteiger charge is 2.24. The van der Waals surface area contributed by atoms with Crippen molar-refractivity contribution in [2.75, 3.05) is 0 Å². The maximum atomic E-state index is 11.7. The Morgan fingerprint density at radius 2 is 1.64 bits per heavy atom. The highest BCUT2D eigenvalue weighted by molar-refractivity contribution is 6.04.